The number of anilines is 2. The van der Waals surface area contributed by atoms with Gasteiger partial charge in [0, 0.05) is 28.7 Å². The lowest BCUT2D eigenvalue weighted by atomic mass is 10.2. The van der Waals surface area contributed by atoms with Crippen LogP contribution in [0.5, 0.6) is 0 Å². The van der Waals surface area contributed by atoms with Gasteiger partial charge in [-0.2, -0.15) is 0 Å². The summed E-state index contributed by atoms with van der Waals surface area (Å²) in [5, 5.41) is 5.23. The fourth-order valence-electron chi connectivity index (χ4n) is 2.73. The highest BCUT2D eigenvalue weighted by atomic mass is 32.2. The van der Waals surface area contributed by atoms with E-state index < -0.39 is 33.2 Å². The van der Waals surface area contributed by atoms with E-state index in [0.717, 1.165) is 11.0 Å². The Hall–Kier alpha value is -2.39. The highest BCUT2D eigenvalue weighted by molar-refractivity contribution is 7.99. The molecule has 148 valence electrons. The Kier molecular flexibility index (Phi) is 6.04. The van der Waals surface area contributed by atoms with Crippen molar-refractivity contribution in [2.45, 2.75) is 23.1 Å². The first-order chi connectivity index (χ1) is 13.2. The molecule has 0 radical (unpaired) electrons. The SMILES string of the molecule is CC(CS(=O)(=O)c1ccc2c(c1)NC(=O)CCS2)C(=O)Nc1cccc(F)c1. The topological polar surface area (TPSA) is 92.3 Å². The molecule has 6 nitrogen and oxygen atoms in total. The van der Waals surface area contributed by atoms with Gasteiger partial charge in [-0.15, -0.1) is 11.8 Å². The van der Waals surface area contributed by atoms with Crippen molar-refractivity contribution in [2.75, 3.05) is 22.1 Å². The van der Waals surface area contributed by atoms with E-state index in [1.54, 1.807) is 6.07 Å². The van der Waals surface area contributed by atoms with Gasteiger partial charge >= 0.3 is 0 Å². The molecule has 2 N–H and O–H groups in total. The van der Waals surface area contributed by atoms with E-state index in [4.69, 9.17) is 0 Å². The molecule has 0 aromatic heterocycles. The molecule has 2 aromatic carbocycles. The maximum Gasteiger partial charge on any atom is 0.228 e. The van der Waals surface area contributed by atoms with E-state index in [1.807, 2.05) is 0 Å². The third-order valence-corrected chi connectivity index (χ3v) is 7.17. The summed E-state index contributed by atoms with van der Waals surface area (Å²) in [6.07, 6.45) is 0.360. The van der Waals surface area contributed by atoms with E-state index in [0.29, 0.717) is 17.9 Å². The van der Waals surface area contributed by atoms with Crippen LogP contribution in [0.4, 0.5) is 15.8 Å². The summed E-state index contributed by atoms with van der Waals surface area (Å²) in [6.45, 7) is 1.49. The number of sulfone groups is 1. The number of rotatable bonds is 5. The monoisotopic (exact) mass is 422 g/mol. The van der Waals surface area contributed by atoms with Crippen LogP contribution in [-0.2, 0) is 19.4 Å². The zero-order valence-corrected chi connectivity index (χ0v) is 16.7. The lowest BCUT2D eigenvalue weighted by Crippen LogP contribution is -2.27. The Morgan fingerprint density at radius 1 is 1.29 bits per heavy atom. The minimum Gasteiger partial charge on any atom is -0.326 e. The molecule has 1 aliphatic rings. The molecule has 0 saturated heterocycles. The first-order valence-electron chi connectivity index (χ1n) is 8.60. The van der Waals surface area contributed by atoms with Crippen molar-refractivity contribution in [1.29, 1.82) is 0 Å². The summed E-state index contributed by atoms with van der Waals surface area (Å²) in [5.41, 5.74) is 0.726. The van der Waals surface area contributed by atoms with Gasteiger partial charge in [0.1, 0.15) is 5.82 Å². The van der Waals surface area contributed by atoms with Crippen molar-refractivity contribution in [2.24, 2.45) is 5.92 Å². The first-order valence-corrected chi connectivity index (χ1v) is 11.2. The Balaban J connectivity index is 1.74. The van der Waals surface area contributed by atoms with E-state index >= 15 is 0 Å². The summed E-state index contributed by atoms with van der Waals surface area (Å²) in [7, 11) is -3.76. The number of amides is 2. The number of fused-ring (bicyclic) bond motifs is 1. The van der Waals surface area contributed by atoms with Crippen LogP contribution in [0.1, 0.15) is 13.3 Å². The van der Waals surface area contributed by atoms with Crippen LogP contribution in [0.15, 0.2) is 52.3 Å². The Bertz CT molecular complexity index is 1020. The molecule has 0 bridgehead atoms. The van der Waals surface area contributed by atoms with Crippen LogP contribution in [0, 0.1) is 11.7 Å². The van der Waals surface area contributed by atoms with Gasteiger partial charge in [-0.1, -0.05) is 13.0 Å². The smallest absolute Gasteiger partial charge is 0.228 e. The molecule has 3 rings (SSSR count). The van der Waals surface area contributed by atoms with Gasteiger partial charge in [0.2, 0.25) is 11.8 Å². The minimum atomic E-state index is -3.76. The van der Waals surface area contributed by atoms with Crippen LogP contribution in [0.2, 0.25) is 0 Å². The van der Waals surface area contributed by atoms with Gasteiger partial charge in [0.15, 0.2) is 9.84 Å². The highest BCUT2D eigenvalue weighted by Crippen LogP contribution is 2.33. The van der Waals surface area contributed by atoms with E-state index in [2.05, 4.69) is 10.6 Å². The summed E-state index contributed by atoms with van der Waals surface area (Å²) in [5.74, 6) is -1.81. The molecule has 2 amide bonds. The third-order valence-electron chi connectivity index (χ3n) is 4.18. The van der Waals surface area contributed by atoms with Crippen molar-refractivity contribution in [1.82, 2.24) is 0 Å². The van der Waals surface area contributed by atoms with Crippen molar-refractivity contribution in [3.05, 3.63) is 48.3 Å². The van der Waals surface area contributed by atoms with Gasteiger partial charge < -0.3 is 10.6 Å². The van der Waals surface area contributed by atoms with Gasteiger partial charge in [-0.25, -0.2) is 12.8 Å². The zero-order chi connectivity index (χ0) is 20.3. The summed E-state index contributed by atoms with van der Waals surface area (Å²) in [6, 6.07) is 9.96. The summed E-state index contributed by atoms with van der Waals surface area (Å²) >= 11 is 1.48. The lowest BCUT2D eigenvalue weighted by Gasteiger charge is -2.14. The van der Waals surface area contributed by atoms with Crippen LogP contribution in [0.3, 0.4) is 0 Å². The van der Waals surface area contributed by atoms with Crippen LogP contribution >= 0.6 is 11.8 Å². The quantitative estimate of drug-likeness (QED) is 0.771. The van der Waals surface area contributed by atoms with E-state index in [1.165, 1.54) is 49.0 Å². The fraction of sp³-hybridized carbons (Fsp3) is 0.263. The number of carbonyl (C=O) groups is 2. The fourth-order valence-corrected chi connectivity index (χ4v) is 5.24. The molecular formula is C19H19FN2O4S2. The molecule has 28 heavy (non-hydrogen) atoms. The van der Waals surface area contributed by atoms with Crippen LogP contribution in [-0.4, -0.2) is 31.7 Å². The molecule has 9 heteroatoms. The number of benzene rings is 2. The third kappa shape index (κ3) is 4.90. The number of hydrogen-bond donors (Lipinski definition) is 2. The largest absolute Gasteiger partial charge is 0.326 e. The molecule has 0 fully saturated rings. The first kappa shape index (κ1) is 20.3. The lowest BCUT2D eigenvalue weighted by molar-refractivity contribution is -0.119. The van der Waals surface area contributed by atoms with Gasteiger partial charge in [-0.05, 0) is 36.4 Å². The molecule has 0 saturated carbocycles. The second kappa shape index (κ2) is 8.32. The van der Waals surface area contributed by atoms with E-state index in [9.17, 15) is 22.4 Å². The number of halogens is 1. The second-order valence-electron chi connectivity index (χ2n) is 6.49. The average Bonchev–Trinajstić information content (AvgIpc) is 2.81. The Morgan fingerprint density at radius 2 is 2.07 bits per heavy atom. The number of hydrogen-bond acceptors (Lipinski definition) is 5. The molecule has 1 heterocycles. The van der Waals surface area contributed by atoms with Crippen molar-refractivity contribution in [3.63, 3.8) is 0 Å². The summed E-state index contributed by atoms with van der Waals surface area (Å²) in [4.78, 5) is 24.9. The van der Waals surface area contributed by atoms with Gasteiger partial charge in [0.05, 0.1) is 16.3 Å². The molecule has 0 spiro atoms. The van der Waals surface area contributed by atoms with Crippen LogP contribution in [0.25, 0.3) is 0 Å². The molecule has 1 atom stereocenters. The van der Waals surface area contributed by atoms with Crippen LogP contribution < -0.4 is 10.6 Å². The van der Waals surface area contributed by atoms with Crippen molar-refractivity contribution >= 4 is 44.8 Å². The van der Waals surface area contributed by atoms with Crippen molar-refractivity contribution < 1.29 is 22.4 Å². The molecular weight excluding hydrogens is 403 g/mol. The maximum absolute atomic E-state index is 13.2. The van der Waals surface area contributed by atoms with E-state index in [-0.39, 0.29) is 16.5 Å². The second-order valence-corrected chi connectivity index (χ2v) is 9.66. The zero-order valence-electron chi connectivity index (χ0n) is 15.1. The summed E-state index contributed by atoms with van der Waals surface area (Å²) < 4.78 is 38.7. The number of thioether (sulfide) groups is 1. The number of nitrogens with one attached hydrogen (secondary N) is 2. The predicted molar refractivity (Wildman–Crippen MR) is 107 cm³/mol. The van der Waals surface area contributed by atoms with Gasteiger partial charge in [0.25, 0.3) is 0 Å². The average molecular weight is 423 g/mol. The Labute approximate surface area is 166 Å². The number of carbonyl (C=O) groups excluding carboxylic acids is 2. The molecule has 0 aliphatic carbocycles. The minimum absolute atomic E-state index is 0.0412. The molecule has 2 aromatic rings. The Morgan fingerprint density at radius 3 is 2.82 bits per heavy atom. The maximum atomic E-state index is 13.2. The van der Waals surface area contributed by atoms with Gasteiger partial charge in [-0.3, -0.25) is 9.59 Å². The molecule has 1 aliphatic heterocycles. The van der Waals surface area contributed by atoms with Crippen molar-refractivity contribution in [3.8, 4) is 0 Å². The predicted octanol–water partition coefficient (Wildman–Crippen LogP) is 3.31. The normalized spacial score (nSPS) is 15.1. The highest BCUT2D eigenvalue weighted by Gasteiger charge is 2.25. The molecule has 1 unspecified atom stereocenters. The standard InChI is InChI=1S/C19H19FN2O4S2/c1-12(19(24)21-14-4-2-3-13(20)9-14)11-28(25,26)15-5-6-17-16(10-15)22-18(23)7-8-27-17/h2-6,9-10,12H,7-8,11H2,1H3,(H,21,24)(H,22,23).